The third-order valence-electron chi connectivity index (χ3n) is 4.52. The molecule has 8 nitrogen and oxygen atoms in total. The Kier molecular flexibility index (Phi) is 3.24. The van der Waals surface area contributed by atoms with Crippen LogP contribution in [0.5, 0.6) is 0 Å². The molecule has 0 spiro atoms. The highest BCUT2D eigenvalue weighted by Crippen LogP contribution is 2.42. The van der Waals surface area contributed by atoms with Crippen molar-refractivity contribution in [3.05, 3.63) is 39.9 Å². The Morgan fingerprint density at radius 1 is 1.30 bits per heavy atom. The molecule has 0 bridgehead atoms. The number of nitrogens with one attached hydrogen (secondary N) is 2. The Morgan fingerprint density at radius 3 is 2.74 bits per heavy atom. The van der Waals surface area contributed by atoms with Gasteiger partial charge >= 0.3 is 0 Å². The van der Waals surface area contributed by atoms with Crippen molar-refractivity contribution in [3.8, 4) is 0 Å². The molecule has 0 aromatic carbocycles. The molecule has 2 heterocycles. The van der Waals surface area contributed by atoms with E-state index in [1.807, 2.05) is 0 Å². The predicted molar refractivity (Wildman–Crippen MR) is 78.7 cm³/mol. The van der Waals surface area contributed by atoms with E-state index in [1.54, 1.807) is 0 Å². The predicted octanol–water partition coefficient (Wildman–Crippen LogP) is 1.23. The number of rotatable bonds is 4. The Hall–Kier alpha value is -2.51. The number of aromatic amines is 1. The number of carbonyl (C=O) groups excluding carboxylic acids is 1. The summed E-state index contributed by atoms with van der Waals surface area (Å²) in [5.74, 6) is 1.25. The molecule has 0 atom stereocenters. The van der Waals surface area contributed by atoms with Gasteiger partial charge in [-0.25, -0.2) is 5.10 Å². The minimum atomic E-state index is -0.606. The van der Waals surface area contributed by atoms with E-state index in [1.165, 1.54) is 12.1 Å². The Labute approximate surface area is 131 Å². The summed E-state index contributed by atoms with van der Waals surface area (Å²) < 4.78 is 5.35. The van der Waals surface area contributed by atoms with Gasteiger partial charge in [-0.05, 0) is 31.7 Å². The van der Waals surface area contributed by atoms with Crippen molar-refractivity contribution in [1.29, 1.82) is 0 Å². The molecule has 2 saturated carbocycles. The standard InChI is InChI=1S/C15H17N5O3/c21-11-6-5-10(18-19-11)12(22)17-15(7-1-2-8-15)14-16-13(23-20-14)9-3-4-9/h5-6,9H,1-4,7-8H2,(H,17,22)(H,19,21). The zero-order chi connectivity index (χ0) is 15.9. The first-order chi connectivity index (χ1) is 11.2. The molecule has 0 saturated heterocycles. The van der Waals surface area contributed by atoms with Crippen LogP contribution in [0.2, 0.25) is 0 Å². The molecule has 0 unspecified atom stereocenters. The fraction of sp³-hybridized carbons (Fsp3) is 0.533. The van der Waals surface area contributed by atoms with Crippen molar-refractivity contribution in [2.75, 3.05) is 0 Å². The summed E-state index contributed by atoms with van der Waals surface area (Å²) in [7, 11) is 0. The van der Waals surface area contributed by atoms with E-state index in [0.29, 0.717) is 17.6 Å². The van der Waals surface area contributed by atoms with Gasteiger partial charge in [0.25, 0.3) is 11.5 Å². The maximum Gasteiger partial charge on any atom is 0.272 e. The highest BCUT2D eigenvalue weighted by Gasteiger charge is 2.43. The van der Waals surface area contributed by atoms with Crippen molar-refractivity contribution in [2.24, 2.45) is 0 Å². The molecule has 2 aromatic heterocycles. The van der Waals surface area contributed by atoms with E-state index in [-0.39, 0.29) is 17.2 Å². The fourth-order valence-electron chi connectivity index (χ4n) is 3.06. The molecule has 0 radical (unpaired) electrons. The van der Waals surface area contributed by atoms with Gasteiger partial charge in [0.15, 0.2) is 5.82 Å². The van der Waals surface area contributed by atoms with Crippen molar-refractivity contribution in [3.63, 3.8) is 0 Å². The zero-order valence-electron chi connectivity index (χ0n) is 12.5. The van der Waals surface area contributed by atoms with Crippen LogP contribution in [0.15, 0.2) is 21.5 Å². The Balaban J connectivity index is 1.60. The molecule has 2 N–H and O–H groups in total. The minimum Gasteiger partial charge on any atom is -0.339 e. The van der Waals surface area contributed by atoms with Crippen LogP contribution in [0.4, 0.5) is 0 Å². The lowest BCUT2D eigenvalue weighted by Gasteiger charge is -2.26. The number of aromatic nitrogens is 4. The van der Waals surface area contributed by atoms with Gasteiger partial charge in [0.1, 0.15) is 11.2 Å². The first kappa shape index (κ1) is 14.1. The topological polar surface area (TPSA) is 114 Å². The average molecular weight is 315 g/mol. The lowest BCUT2D eigenvalue weighted by Crippen LogP contribution is -2.45. The third kappa shape index (κ3) is 2.64. The normalized spacial score (nSPS) is 19.7. The Morgan fingerprint density at radius 2 is 2.09 bits per heavy atom. The van der Waals surface area contributed by atoms with E-state index >= 15 is 0 Å². The molecule has 23 heavy (non-hydrogen) atoms. The first-order valence-electron chi connectivity index (χ1n) is 7.89. The van der Waals surface area contributed by atoms with Gasteiger partial charge in [0.05, 0.1) is 0 Å². The lowest BCUT2D eigenvalue weighted by atomic mass is 9.96. The number of amides is 1. The van der Waals surface area contributed by atoms with Crippen molar-refractivity contribution < 1.29 is 9.32 Å². The van der Waals surface area contributed by atoms with Crippen LogP contribution < -0.4 is 10.9 Å². The van der Waals surface area contributed by atoms with E-state index in [9.17, 15) is 9.59 Å². The van der Waals surface area contributed by atoms with Gasteiger partial charge in [0.2, 0.25) is 5.89 Å². The molecule has 2 aliphatic rings. The monoisotopic (exact) mass is 315 g/mol. The number of carbonyl (C=O) groups is 1. The van der Waals surface area contributed by atoms with E-state index in [2.05, 4.69) is 25.7 Å². The van der Waals surface area contributed by atoms with Gasteiger partial charge < -0.3 is 9.84 Å². The molecule has 120 valence electrons. The fourth-order valence-corrected chi connectivity index (χ4v) is 3.06. The maximum absolute atomic E-state index is 12.5. The summed E-state index contributed by atoms with van der Waals surface area (Å²) in [6.07, 6.45) is 5.70. The van der Waals surface area contributed by atoms with Crippen LogP contribution in [0, 0.1) is 0 Å². The molecule has 1 amide bonds. The van der Waals surface area contributed by atoms with E-state index in [0.717, 1.165) is 38.5 Å². The van der Waals surface area contributed by atoms with Crippen LogP contribution in [0.1, 0.15) is 66.6 Å². The van der Waals surface area contributed by atoms with Crippen LogP contribution >= 0.6 is 0 Å². The van der Waals surface area contributed by atoms with Crippen LogP contribution in [0.3, 0.4) is 0 Å². The van der Waals surface area contributed by atoms with Crippen molar-refractivity contribution in [2.45, 2.75) is 50.0 Å². The SMILES string of the molecule is O=C(NC1(c2noc(C3CC3)n2)CCCC1)c1ccc(=O)[nH]n1. The highest BCUT2D eigenvalue weighted by atomic mass is 16.5. The maximum atomic E-state index is 12.5. The van der Waals surface area contributed by atoms with Crippen molar-refractivity contribution in [1.82, 2.24) is 25.7 Å². The molecule has 2 aliphatic carbocycles. The summed E-state index contributed by atoms with van der Waals surface area (Å²) in [4.78, 5) is 28.0. The second kappa shape index (κ2) is 5.29. The molecule has 2 fully saturated rings. The summed E-state index contributed by atoms with van der Waals surface area (Å²) in [6, 6.07) is 2.69. The zero-order valence-corrected chi connectivity index (χ0v) is 12.5. The number of H-pyrrole nitrogens is 1. The van der Waals surface area contributed by atoms with E-state index < -0.39 is 5.54 Å². The molecule has 2 aromatic rings. The van der Waals surface area contributed by atoms with E-state index in [4.69, 9.17) is 4.52 Å². The molecule has 0 aliphatic heterocycles. The molecular formula is C15H17N5O3. The molecule has 4 rings (SSSR count). The summed E-state index contributed by atoms with van der Waals surface area (Å²) >= 11 is 0. The first-order valence-corrected chi connectivity index (χ1v) is 7.89. The number of hydrogen-bond acceptors (Lipinski definition) is 6. The second-order valence-corrected chi connectivity index (χ2v) is 6.28. The van der Waals surface area contributed by atoms with Crippen LogP contribution in [0.25, 0.3) is 0 Å². The molecule has 8 heteroatoms. The Bertz CT molecular complexity index is 766. The quantitative estimate of drug-likeness (QED) is 0.877. The van der Waals surface area contributed by atoms with Gasteiger partial charge in [-0.2, -0.15) is 10.1 Å². The summed E-state index contributed by atoms with van der Waals surface area (Å²) in [5.41, 5.74) is -0.780. The van der Waals surface area contributed by atoms with Crippen LogP contribution in [-0.2, 0) is 5.54 Å². The smallest absolute Gasteiger partial charge is 0.272 e. The second-order valence-electron chi connectivity index (χ2n) is 6.28. The average Bonchev–Trinajstić information content (AvgIpc) is 3.09. The number of hydrogen-bond donors (Lipinski definition) is 2. The third-order valence-corrected chi connectivity index (χ3v) is 4.52. The minimum absolute atomic E-state index is 0.168. The molecular weight excluding hydrogens is 298 g/mol. The van der Waals surface area contributed by atoms with Gasteiger partial charge in [-0.15, -0.1) is 0 Å². The summed E-state index contributed by atoms with van der Waals surface area (Å²) in [6.45, 7) is 0. The summed E-state index contributed by atoms with van der Waals surface area (Å²) in [5, 5.41) is 13.2. The van der Waals surface area contributed by atoms with Gasteiger partial charge in [-0.1, -0.05) is 18.0 Å². The van der Waals surface area contributed by atoms with Crippen LogP contribution in [-0.4, -0.2) is 26.2 Å². The lowest BCUT2D eigenvalue weighted by molar-refractivity contribution is 0.0885. The van der Waals surface area contributed by atoms with Gasteiger partial charge in [-0.3, -0.25) is 9.59 Å². The number of nitrogens with zero attached hydrogens (tertiary/aromatic N) is 3. The van der Waals surface area contributed by atoms with Crippen molar-refractivity contribution >= 4 is 5.91 Å². The van der Waals surface area contributed by atoms with Gasteiger partial charge in [0, 0.05) is 12.0 Å². The highest BCUT2D eigenvalue weighted by molar-refractivity contribution is 5.92. The largest absolute Gasteiger partial charge is 0.339 e.